The maximum Gasteiger partial charge on any atom is 0.255 e. The van der Waals surface area contributed by atoms with E-state index in [1.54, 1.807) is 12.1 Å². The average Bonchev–Trinajstić information content (AvgIpc) is 2.58. The van der Waals surface area contributed by atoms with Crippen LogP contribution in [-0.4, -0.2) is 30.2 Å². The van der Waals surface area contributed by atoms with Gasteiger partial charge in [-0.05, 0) is 61.4 Å². The number of piperidine rings is 1. The van der Waals surface area contributed by atoms with Crippen molar-refractivity contribution in [2.45, 2.75) is 18.9 Å². The highest BCUT2D eigenvalue weighted by molar-refractivity contribution is 6.04. The van der Waals surface area contributed by atoms with Crippen LogP contribution in [0.1, 0.15) is 23.2 Å². The topological polar surface area (TPSA) is 52.6 Å². The molecule has 0 saturated carbocycles. The van der Waals surface area contributed by atoms with Crippen LogP contribution in [0.2, 0.25) is 0 Å². The molecule has 120 valence electrons. The molecule has 2 aromatic carbocycles. The van der Waals surface area contributed by atoms with Gasteiger partial charge in [-0.1, -0.05) is 0 Å². The van der Waals surface area contributed by atoms with Crippen molar-refractivity contribution >= 4 is 17.3 Å². The van der Waals surface area contributed by atoms with Crippen LogP contribution in [0.4, 0.5) is 15.8 Å². The summed E-state index contributed by atoms with van der Waals surface area (Å²) in [4.78, 5) is 14.4. The number of rotatable bonds is 3. The molecule has 1 amide bonds. The molecule has 1 fully saturated rings. The molecule has 0 unspecified atom stereocenters. The van der Waals surface area contributed by atoms with E-state index in [2.05, 4.69) is 10.2 Å². The fourth-order valence-corrected chi connectivity index (χ4v) is 2.68. The second kappa shape index (κ2) is 6.79. The van der Waals surface area contributed by atoms with Gasteiger partial charge in [0.05, 0.1) is 6.10 Å². The van der Waals surface area contributed by atoms with Gasteiger partial charge in [0.1, 0.15) is 5.82 Å². The van der Waals surface area contributed by atoms with Gasteiger partial charge >= 0.3 is 0 Å². The van der Waals surface area contributed by atoms with Gasteiger partial charge in [0.15, 0.2) is 0 Å². The highest BCUT2D eigenvalue weighted by atomic mass is 19.1. The van der Waals surface area contributed by atoms with Crippen molar-refractivity contribution in [3.8, 4) is 0 Å². The first-order valence-electron chi connectivity index (χ1n) is 7.72. The number of anilines is 2. The maximum atomic E-state index is 12.9. The van der Waals surface area contributed by atoms with Crippen molar-refractivity contribution in [2.75, 3.05) is 23.3 Å². The largest absolute Gasteiger partial charge is 0.393 e. The number of carbonyl (C=O) groups excluding carboxylic acids is 1. The van der Waals surface area contributed by atoms with Gasteiger partial charge in [-0.2, -0.15) is 0 Å². The Morgan fingerprint density at radius 3 is 2.26 bits per heavy atom. The van der Waals surface area contributed by atoms with Crippen molar-refractivity contribution < 1.29 is 14.3 Å². The molecule has 0 spiro atoms. The number of hydrogen-bond acceptors (Lipinski definition) is 3. The van der Waals surface area contributed by atoms with E-state index < -0.39 is 0 Å². The van der Waals surface area contributed by atoms with Gasteiger partial charge in [0.25, 0.3) is 5.91 Å². The second-order valence-corrected chi connectivity index (χ2v) is 5.73. The molecule has 0 aromatic heterocycles. The molecular weight excluding hydrogens is 295 g/mol. The molecule has 5 heteroatoms. The molecule has 0 radical (unpaired) electrons. The van der Waals surface area contributed by atoms with E-state index in [1.165, 1.54) is 24.3 Å². The first kappa shape index (κ1) is 15.5. The summed E-state index contributed by atoms with van der Waals surface area (Å²) in [6, 6.07) is 13.1. The molecule has 1 heterocycles. The van der Waals surface area contributed by atoms with Gasteiger partial charge in [0, 0.05) is 30.0 Å². The van der Waals surface area contributed by atoms with Crippen molar-refractivity contribution in [3.63, 3.8) is 0 Å². The van der Waals surface area contributed by atoms with Crippen molar-refractivity contribution in [1.82, 2.24) is 0 Å². The standard InChI is InChI=1S/C18H19FN2O2/c19-14-3-5-15(6-4-14)20-18(23)13-1-7-16(8-2-13)21-11-9-17(22)10-12-21/h1-8,17,22H,9-12H2,(H,20,23). The monoisotopic (exact) mass is 314 g/mol. The van der Waals surface area contributed by atoms with Crippen molar-refractivity contribution in [1.29, 1.82) is 0 Å². The first-order valence-corrected chi connectivity index (χ1v) is 7.72. The van der Waals surface area contributed by atoms with E-state index in [-0.39, 0.29) is 17.8 Å². The predicted octanol–water partition coefficient (Wildman–Crippen LogP) is 3.04. The molecule has 0 atom stereocenters. The third kappa shape index (κ3) is 3.87. The highest BCUT2D eigenvalue weighted by Crippen LogP contribution is 2.21. The lowest BCUT2D eigenvalue weighted by Crippen LogP contribution is -2.35. The summed E-state index contributed by atoms with van der Waals surface area (Å²) in [7, 11) is 0. The summed E-state index contributed by atoms with van der Waals surface area (Å²) < 4.78 is 12.9. The Morgan fingerprint density at radius 1 is 1.04 bits per heavy atom. The minimum Gasteiger partial charge on any atom is -0.393 e. The smallest absolute Gasteiger partial charge is 0.255 e. The van der Waals surface area contributed by atoms with E-state index >= 15 is 0 Å². The van der Waals surface area contributed by atoms with Gasteiger partial charge in [-0.25, -0.2) is 4.39 Å². The number of aliphatic hydroxyl groups is 1. The minimum atomic E-state index is -0.334. The molecule has 0 aliphatic carbocycles. The fourth-order valence-electron chi connectivity index (χ4n) is 2.68. The average molecular weight is 314 g/mol. The first-order chi connectivity index (χ1) is 11.1. The van der Waals surface area contributed by atoms with E-state index in [0.717, 1.165) is 31.6 Å². The molecule has 4 nitrogen and oxygen atoms in total. The molecule has 0 bridgehead atoms. The number of amides is 1. The summed E-state index contributed by atoms with van der Waals surface area (Å²) in [6.45, 7) is 1.64. The fraction of sp³-hybridized carbons (Fsp3) is 0.278. The zero-order valence-electron chi connectivity index (χ0n) is 12.7. The Labute approximate surface area is 134 Å². The summed E-state index contributed by atoms with van der Waals surface area (Å²) in [5.74, 6) is -0.559. The summed E-state index contributed by atoms with van der Waals surface area (Å²) in [6.07, 6.45) is 1.34. The van der Waals surface area contributed by atoms with Gasteiger partial charge in [-0.15, -0.1) is 0 Å². The lowest BCUT2D eigenvalue weighted by Gasteiger charge is -2.31. The molecular formula is C18H19FN2O2. The summed E-state index contributed by atoms with van der Waals surface area (Å²) in [5, 5.41) is 12.3. The Bertz CT molecular complexity index is 662. The zero-order chi connectivity index (χ0) is 16.2. The molecule has 2 N–H and O–H groups in total. The van der Waals surface area contributed by atoms with E-state index in [9.17, 15) is 14.3 Å². The van der Waals surface area contributed by atoms with Gasteiger partial charge in [0.2, 0.25) is 0 Å². The van der Waals surface area contributed by atoms with Gasteiger partial charge in [-0.3, -0.25) is 4.79 Å². The molecule has 1 aliphatic rings. The molecule has 1 saturated heterocycles. The third-order valence-corrected chi connectivity index (χ3v) is 4.06. The number of carbonyl (C=O) groups is 1. The highest BCUT2D eigenvalue weighted by Gasteiger charge is 2.17. The number of aliphatic hydroxyl groups excluding tert-OH is 1. The van der Waals surface area contributed by atoms with Crippen LogP contribution >= 0.6 is 0 Å². The molecule has 2 aromatic rings. The Morgan fingerprint density at radius 2 is 1.65 bits per heavy atom. The van der Waals surface area contributed by atoms with Crippen LogP contribution in [0.15, 0.2) is 48.5 Å². The number of hydrogen-bond donors (Lipinski definition) is 2. The Hall–Kier alpha value is -2.40. The summed E-state index contributed by atoms with van der Waals surface area (Å²) in [5.41, 5.74) is 2.16. The van der Waals surface area contributed by atoms with E-state index in [1.807, 2.05) is 12.1 Å². The Balaban J connectivity index is 1.64. The van der Waals surface area contributed by atoms with E-state index in [0.29, 0.717) is 11.3 Å². The van der Waals surface area contributed by atoms with Crippen molar-refractivity contribution in [3.05, 3.63) is 59.9 Å². The molecule has 23 heavy (non-hydrogen) atoms. The normalized spacial score (nSPS) is 15.5. The van der Waals surface area contributed by atoms with Gasteiger partial charge < -0.3 is 15.3 Å². The van der Waals surface area contributed by atoms with Crippen LogP contribution in [-0.2, 0) is 0 Å². The van der Waals surface area contributed by atoms with Crippen LogP contribution in [0.3, 0.4) is 0 Å². The molecule has 1 aliphatic heterocycles. The van der Waals surface area contributed by atoms with Crippen molar-refractivity contribution in [2.24, 2.45) is 0 Å². The lowest BCUT2D eigenvalue weighted by molar-refractivity contribution is 0.102. The zero-order valence-corrected chi connectivity index (χ0v) is 12.7. The number of benzene rings is 2. The van der Waals surface area contributed by atoms with Crippen LogP contribution in [0, 0.1) is 5.82 Å². The lowest BCUT2D eigenvalue weighted by atomic mass is 10.1. The SMILES string of the molecule is O=C(Nc1ccc(F)cc1)c1ccc(N2CCC(O)CC2)cc1. The third-order valence-electron chi connectivity index (χ3n) is 4.06. The second-order valence-electron chi connectivity index (χ2n) is 5.73. The number of nitrogens with zero attached hydrogens (tertiary/aromatic N) is 1. The Kier molecular flexibility index (Phi) is 4.57. The predicted molar refractivity (Wildman–Crippen MR) is 88.2 cm³/mol. The van der Waals surface area contributed by atoms with E-state index in [4.69, 9.17) is 0 Å². The molecule has 3 rings (SSSR count). The number of nitrogens with one attached hydrogen (secondary N) is 1. The summed E-state index contributed by atoms with van der Waals surface area (Å²) >= 11 is 0. The maximum absolute atomic E-state index is 12.9. The quantitative estimate of drug-likeness (QED) is 0.915. The van der Waals surface area contributed by atoms with Crippen LogP contribution in [0.25, 0.3) is 0 Å². The van der Waals surface area contributed by atoms with Crippen LogP contribution in [0.5, 0.6) is 0 Å². The van der Waals surface area contributed by atoms with Crippen LogP contribution < -0.4 is 10.2 Å². The number of halogens is 1. The minimum absolute atomic E-state index is 0.202.